The zero-order valence-corrected chi connectivity index (χ0v) is 10.4. The van der Waals surface area contributed by atoms with E-state index in [1.54, 1.807) is 24.1 Å². The van der Waals surface area contributed by atoms with Gasteiger partial charge >= 0.3 is 0 Å². The summed E-state index contributed by atoms with van der Waals surface area (Å²) >= 11 is 0. The molecule has 2 rings (SSSR count). The van der Waals surface area contributed by atoms with Crippen molar-refractivity contribution in [3.8, 4) is 0 Å². The number of Topliss-reactive ketones (excluding diaryl/α,β-unsaturated/α-hetero) is 1. The molecule has 0 atom stereocenters. The highest BCUT2D eigenvalue weighted by atomic mass is 19.1. The van der Waals surface area contributed by atoms with Crippen molar-refractivity contribution in [3.05, 3.63) is 59.6 Å². The van der Waals surface area contributed by atoms with Crippen LogP contribution < -0.4 is 0 Å². The molecule has 0 spiro atoms. The highest BCUT2D eigenvalue weighted by molar-refractivity contribution is 5.98. The molecular weight excluding hydrogens is 252 g/mol. The molecule has 0 aliphatic rings. The molecular formula is C14H13F2NO2. The van der Waals surface area contributed by atoms with Crippen molar-refractivity contribution in [2.75, 3.05) is 13.6 Å². The van der Waals surface area contributed by atoms with Gasteiger partial charge in [-0.1, -0.05) is 6.07 Å². The molecule has 0 radical (unpaired) electrons. The van der Waals surface area contributed by atoms with Crippen LogP contribution in [0.2, 0.25) is 0 Å². The van der Waals surface area contributed by atoms with Crippen LogP contribution in [0.5, 0.6) is 0 Å². The summed E-state index contributed by atoms with van der Waals surface area (Å²) in [6.07, 6.45) is 1.53. The summed E-state index contributed by atoms with van der Waals surface area (Å²) in [5.41, 5.74) is -0.492. The molecule has 0 aliphatic carbocycles. The van der Waals surface area contributed by atoms with Gasteiger partial charge in [-0.2, -0.15) is 0 Å². The van der Waals surface area contributed by atoms with Crippen molar-refractivity contribution in [3.63, 3.8) is 0 Å². The molecule has 0 aliphatic heterocycles. The Balaban J connectivity index is 2.04. The number of benzene rings is 1. The van der Waals surface area contributed by atoms with Crippen molar-refractivity contribution in [1.82, 2.24) is 4.90 Å². The number of carbonyl (C=O) groups excluding carboxylic acids is 1. The molecule has 0 bridgehead atoms. The summed E-state index contributed by atoms with van der Waals surface area (Å²) in [6.45, 7) is 0.313. The third kappa shape index (κ3) is 3.26. The van der Waals surface area contributed by atoms with Crippen LogP contribution in [-0.2, 0) is 6.54 Å². The first kappa shape index (κ1) is 13.4. The lowest BCUT2D eigenvalue weighted by molar-refractivity contribution is 0.0931. The van der Waals surface area contributed by atoms with E-state index in [2.05, 4.69) is 0 Å². The van der Waals surface area contributed by atoms with Crippen LogP contribution in [-0.4, -0.2) is 24.3 Å². The van der Waals surface area contributed by atoms with E-state index in [-0.39, 0.29) is 6.54 Å². The predicted octanol–water partition coefficient (Wildman–Crippen LogP) is 2.87. The number of nitrogens with zero attached hydrogens (tertiary/aromatic N) is 1. The Kier molecular flexibility index (Phi) is 4.06. The maximum atomic E-state index is 13.4. The van der Waals surface area contributed by atoms with E-state index < -0.39 is 23.0 Å². The van der Waals surface area contributed by atoms with Gasteiger partial charge in [0.15, 0.2) is 5.78 Å². The fraction of sp³-hybridized carbons (Fsp3) is 0.214. The highest BCUT2D eigenvalue weighted by Crippen LogP contribution is 2.13. The Bertz CT molecular complexity index is 547. The van der Waals surface area contributed by atoms with E-state index in [1.807, 2.05) is 0 Å². The number of hydrogen-bond donors (Lipinski definition) is 0. The van der Waals surface area contributed by atoms with E-state index in [0.717, 1.165) is 12.1 Å². The summed E-state index contributed by atoms with van der Waals surface area (Å²) in [5, 5.41) is 0. The maximum Gasteiger partial charge on any atom is 0.182 e. The second-order valence-electron chi connectivity index (χ2n) is 4.27. The molecule has 0 saturated carbocycles. The van der Waals surface area contributed by atoms with Crippen molar-refractivity contribution in [2.24, 2.45) is 0 Å². The van der Waals surface area contributed by atoms with Gasteiger partial charge in [-0.3, -0.25) is 9.69 Å². The first-order chi connectivity index (χ1) is 9.08. The largest absolute Gasteiger partial charge is 0.468 e. The van der Waals surface area contributed by atoms with Gasteiger partial charge in [-0.05, 0) is 31.3 Å². The van der Waals surface area contributed by atoms with Crippen molar-refractivity contribution in [1.29, 1.82) is 0 Å². The number of carbonyl (C=O) groups is 1. The molecule has 2 aromatic rings. The quantitative estimate of drug-likeness (QED) is 0.779. The van der Waals surface area contributed by atoms with Crippen LogP contribution in [0, 0.1) is 11.6 Å². The average molecular weight is 265 g/mol. The molecule has 1 heterocycles. The normalized spacial score (nSPS) is 10.9. The molecule has 5 heteroatoms. The van der Waals surface area contributed by atoms with Crippen LogP contribution in [0.1, 0.15) is 16.1 Å². The van der Waals surface area contributed by atoms with Gasteiger partial charge < -0.3 is 4.42 Å². The summed E-state index contributed by atoms with van der Waals surface area (Å²) < 4.78 is 32.0. The van der Waals surface area contributed by atoms with Gasteiger partial charge in [0.05, 0.1) is 24.9 Å². The second kappa shape index (κ2) is 5.75. The highest BCUT2D eigenvalue weighted by Gasteiger charge is 2.18. The number of furan rings is 1. The molecule has 19 heavy (non-hydrogen) atoms. The molecule has 0 N–H and O–H groups in total. The van der Waals surface area contributed by atoms with Crippen molar-refractivity contribution >= 4 is 5.78 Å². The van der Waals surface area contributed by atoms with E-state index in [4.69, 9.17) is 4.42 Å². The number of hydrogen-bond acceptors (Lipinski definition) is 3. The topological polar surface area (TPSA) is 33.5 Å². The molecule has 100 valence electrons. The summed E-state index contributed by atoms with van der Waals surface area (Å²) in [4.78, 5) is 13.5. The predicted molar refractivity (Wildman–Crippen MR) is 65.7 cm³/mol. The van der Waals surface area contributed by atoms with Crippen LogP contribution in [0.25, 0.3) is 0 Å². The molecule has 0 unspecified atom stereocenters. The Morgan fingerprint density at radius 3 is 2.47 bits per heavy atom. The first-order valence-electron chi connectivity index (χ1n) is 5.76. The molecule has 1 aromatic heterocycles. The second-order valence-corrected chi connectivity index (χ2v) is 4.27. The number of rotatable bonds is 5. The summed E-state index contributed by atoms with van der Waals surface area (Å²) in [7, 11) is 1.68. The van der Waals surface area contributed by atoms with Gasteiger partial charge in [0.2, 0.25) is 0 Å². The zero-order chi connectivity index (χ0) is 13.8. The van der Waals surface area contributed by atoms with Gasteiger partial charge in [-0.15, -0.1) is 0 Å². The third-order valence-corrected chi connectivity index (χ3v) is 2.66. The smallest absolute Gasteiger partial charge is 0.182 e. The van der Waals surface area contributed by atoms with Crippen LogP contribution in [0.3, 0.4) is 0 Å². The lowest BCUT2D eigenvalue weighted by atomic mass is 10.1. The Morgan fingerprint density at radius 1 is 1.21 bits per heavy atom. The van der Waals surface area contributed by atoms with E-state index in [9.17, 15) is 13.6 Å². The van der Waals surface area contributed by atoms with E-state index in [0.29, 0.717) is 12.3 Å². The summed E-state index contributed by atoms with van der Waals surface area (Å²) in [5.74, 6) is -1.58. The molecule has 0 amide bonds. The molecule has 0 fully saturated rings. The van der Waals surface area contributed by atoms with Crippen LogP contribution in [0.15, 0.2) is 41.0 Å². The fourth-order valence-electron chi connectivity index (χ4n) is 1.81. The lowest BCUT2D eigenvalue weighted by Crippen LogP contribution is -2.26. The zero-order valence-electron chi connectivity index (χ0n) is 10.4. The lowest BCUT2D eigenvalue weighted by Gasteiger charge is -2.14. The van der Waals surface area contributed by atoms with Gasteiger partial charge in [-0.25, -0.2) is 8.78 Å². The van der Waals surface area contributed by atoms with Crippen LogP contribution in [0.4, 0.5) is 8.78 Å². The number of likely N-dealkylation sites (N-methyl/N-ethyl adjacent to an activating group) is 1. The minimum atomic E-state index is -0.837. The van der Waals surface area contributed by atoms with E-state index >= 15 is 0 Å². The SMILES string of the molecule is CN(CC(=O)c1c(F)cccc1F)Cc1ccco1. The Labute approximate surface area is 109 Å². The third-order valence-electron chi connectivity index (χ3n) is 2.66. The van der Waals surface area contributed by atoms with Crippen molar-refractivity contribution < 1.29 is 18.0 Å². The fourth-order valence-corrected chi connectivity index (χ4v) is 1.81. The Hall–Kier alpha value is -2.01. The van der Waals surface area contributed by atoms with Crippen molar-refractivity contribution in [2.45, 2.75) is 6.54 Å². The monoisotopic (exact) mass is 265 g/mol. The van der Waals surface area contributed by atoms with E-state index in [1.165, 1.54) is 12.3 Å². The minimum Gasteiger partial charge on any atom is -0.468 e. The number of ketones is 1. The molecule has 3 nitrogen and oxygen atoms in total. The van der Waals surface area contributed by atoms with Gasteiger partial charge in [0, 0.05) is 0 Å². The Morgan fingerprint density at radius 2 is 1.89 bits per heavy atom. The van der Waals surface area contributed by atoms with Gasteiger partial charge in [0.25, 0.3) is 0 Å². The molecule has 0 saturated heterocycles. The first-order valence-corrected chi connectivity index (χ1v) is 5.76. The standard InChI is InChI=1S/C14H13F2NO2/c1-17(8-10-4-3-7-19-10)9-13(18)14-11(15)5-2-6-12(14)16/h2-7H,8-9H2,1H3. The van der Waals surface area contributed by atoms with Gasteiger partial charge in [0.1, 0.15) is 17.4 Å². The average Bonchev–Trinajstić information content (AvgIpc) is 2.81. The minimum absolute atomic E-state index is 0.0848. The maximum absolute atomic E-state index is 13.4. The van der Waals surface area contributed by atoms with Crippen LogP contribution >= 0.6 is 0 Å². The number of halogens is 2. The molecule has 1 aromatic carbocycles. The summed E-state index contributed by atoms with van der Waals surface area (Å²) in [6, 6.07) is 6.88.